The van der Waals surface area contributed by atoms with Crippen LogP contribution in [0.4, 0.5) is 17.1 Å². The number of hydrogen-bond acceptors (Lipinski definition) is 1. The molecule has 0 bridgehead atoms. The molecule has 1 nitrogen and oxygen atoms in total. The summed E-state index contributed by atoms with van der Waals surface area (Å²) in [6, 6.07) is 46.0. The number of hydrogen-bond donors (Lipinski definition) is 0. The third-order valence-corrected chi connectivity index (χ3v) is 10.4. The largest absolute Gasteiger partial charge is 0.310 e. The molecule has 0 spiro atoms. The molecule has 0 amide bonds. The Kier molecular flexibility index (Phi) is 6.67. The molecule has 47 heavy (non-hydrogen) atoms. The van der Waals surface area contributed by atoms with E-state index in [1.165, 1.54) is 99.8 Å². The first-order valence-corrected chi connectivity index (χ1v) is 16.8. The fourth-order valence-corrected chi connectivity index (χ4v) is 7.07. The Morgan fingerprint density at radius 2 is 0.787 bits per heavy atom. The van der Waals surface area contributed by atoms with Gasteiger partial charge in [0.1, 0.15) is 0 Å². The van der Waals surface area contributed by atoms with Crippen molar-refractivity contribution in [1.29, 1.82) is 0 Å². The fraction of sp³-hybridized carbons (Fsp3) is 0.174. The van der Waals surface area contributed by atoms with Crippen LogP contribution in [-0.2, 0) is 5.41 Å². The number of aryl methyl sites for hydroxylation is 4. The Balaban J connectivity index is 1.18. The highest BCUT2D eigenvalue weighted by Gasteiger charge is 2.24. The van der Waals surface area contributed by atoms with Crippen LogP contribution >= 0.6 is 0 Å². The lowest BCUT2D eigenvalue weighted by Crippen LogP contribution is -2.11. The van der Waals surface area contributed by atoms with Gasteiger partial charge in [-0.15, -0.1) is 0 Å². The number of nitrogens with zero attached hydrogens (tertiary/aromatic N) is 1. The van der Waals surface area contributed by atoms with Crippen LogP contribution in [0.1, 0.15) is 48.6 Å². The molecule has 0 heterocycles. The third-order valence-electron chi connectivity index (χ3n) is 10.4. The molecule has 0 saturated heterocycles. The van der Waals surface area contributed by atoms with E-state index in [0.29, 0.717) is 0 Å². The Bertz CT molecular complexity index is 2310. The molecular weight excluding hydrogens is 567 g/mol. The SMILES string of the molecule is Cc1ccc(N(c2ccc(C)c(C)c2)c2ccc3cc4c(cc3c2)-c2cc3ccc(-c5ccc(C(C)(C)C)cc5)cc3cc2-4)cc1C. The minimum absolute atomic E-state index is 0.156. The van der Waals surface area contributed by atoms with Crippen LogP contribution in [0.25, 0.3) is 54.9 Å². The highest BCUT2D eigenvalue weighted by atomic mass is 15.1. The smallest absolute Gasteiger partial charge is 0.0468 e. The second-order valence-electron chi connectivity index (χ2n) is 14.6. The summed E-state index contributed by atoms with van der Waals surface area (Å²) in [5.74, 6) is 0. The van der Waals surface area contributed by atoms with Crippen LogP contribution in [0.2, 0.25) is 0 Å². The second kappa shape index (κ2) is 10.7. The lowest BCUT2D eigenvalue weighted by Gasteiger charge is -2.28. The molecule has 1 heteroatoms. The van der Waals surface area contributed by atoms with Crippen LogP contribution < -0.4 is 4.90 Å². The van der Waals surface area contributed by atoms with Crippen molar-refractivity contribution in [3.05, 3.63) is 149 Å². The van der Waals surface area contributed by atoms with Crippen molar-refractivity contribution in [2.24, 2.45) is 0 Å². The van der Waals surface area contributed by atoms with E-state index in [4.69, 9.17) is 0 Å². The summed E-state index contributed by atoms with van der Waals surface area (Å²) in [5, 5.41) is 5.11. The Morgan fingerprint density at radius 1 is 0.362 bits per heavy atom. The summed E-state index contributed by atoms with van der Waals surface area (Å²) in [7, 11) is 0. The van der Waals surface area contributed by atoms with Gasteiger partial charge >= 0.3 is 0 Å². The van der Waals surface area contributed by atoms with Crippen LogP contribution in [0.15, 0.2) is 121 Å². The fourth-order valence-electron chi connectivity index (χ4n) is 7.07. The maximum atomic E-state index is 2.40. The first-order valence-electron chi connectivity index (χ1n) is 16.8. The van der Waals surface area contributed by atoms with Crippen molar-refractivity contribution in [2.75, 3.05) is 4.90 Å². The monoisotopic (exact) mass is 607 g/mol. The molecule has 1 aliphatic carbocycles. The average molecular weight is 608 g/mol. The van der Waals surface area contributed by atoms with E-state index < -0.39 is 0 Å². The first-order chi connectivity index (χ1) is 22.5. The van der Waals surface area contributed by atoms with Crippen LogP contribution in [0, 0.1) is 27.7 Å². The molecular formula is C46H41N. The zero-order chi connectivity index (χ0) is 32.6. The van der Waals surface area contributed by atoms with Gasteiger partial charge in [-0.3, -0.25) is 0 Å². The van der Waals surface area contributed by atoms with E-state index in [0.717, 1.165) is 0 Å². The molecule has 0 N–H and O–H groups in total. The first kappa shape index (κ1) is 29.3. The van der Waals surface area contributed by atoms with Gasteiger partial charge in [0.2, 0.25) is 0 Å². The lowest BCUT2D eigenvalue weighted by molar-refractivity contribution is 0.590. The molecule has 7 aromatic rings. The Morgan fingerprint density at radius 3 is 1.30 bits per heavy atom. The number of fused-ring (bicyclic) bond motifs is 6. The van der Waals surface area contributed by atoms with Gasteiger partial charge in [-0.2, -0.15) is 0 Å². The molecule has 0 aliphatic heterocycles. The molecule has 1 aliphatic rings. The third kappa shape index (κ3) is 5.02. The standard InChI is InChI=1S/C46H41N/c1-28-8-17-39(20-30(28)3)47(40-18-9-29(2)31(4)21-40)41-19-14-35-25-43-44-26-36-22-33(32-12-15-38(16-13-32)46(5,6)7)10-11-34(36)24-42(44)45(43)27-37(35)23-41/h8-27H,1-7H3. The quantitative estimate of drug-likeness (QED) is 0.192. The predicted molar refractivity (Wildman–Crippen MR) is 204 cm³/mol. The molecule has 7 aromatic carbocycles. The van der Waals surface area contributed by atoms with E-state index in [2.05, 4.69) is 175 Å². The summed E-state index contributed by atoms with van der Waals surface area (Å²) >= 11 is 0. The molecule has 0 atom stereocenters. The van der Waals surface area contributed by atoms with Crippen LogP contribution in [0.3, 0.4) is 0 Å². The minimum Gasteiger partial charge on any atom is -0.310 e. The molecule has 0 fully saturated rings. The van der Waals surface area contributed by atoms with E-state index in [1.807, 2.05) is 0 Å². The highest BCUT2D eigenvalue weighted by Crippen LogP contribution is 2.51. The predicted octanol–water partition coefficient (Wildman–Crippen LogP) is 13.3. The zero-order valence-electron chi connectivity index (χ0n) is 28.5. The van der Waals surface area contributed by atoms with Gasteiger partial charge in [0.15, 0.2) is 0 Å². The Labute approximate surface area is 279 Å². The van der Waals surface area contributed by atoms with Gasteiger partial charge in [0.05, 0.1) is 0 Å². The maximum absolute atomic E-state index is 2.40. The van der Waals surface area contributed by atoms with Crippen molar-refractivity contribution >= 4 is 38.6 Å². The topological polar surface area (TPSA) is 3.24 Å². The molecule has 0 unspecified atom stereocenters. The number of benzene rings is 7. The van der Waals surface area contributed by atoms with Gasteiger partial charge in [0, 0.05) is 17.1 Å². The zero-order valence-corrected chi connectivity index (χ0v) is 28.5. The highest BCUT2D eigenvalue weighted by molar-refractivity contribution is 6.12. The van der Waals surface area contributed by atoms with Gasteiger partial charge in [-0.1, -0.05) is 75.4 Å². The van der Waals surface area contributed by atoms with Gasteiger partial charge in [0.25, 0.3) is 0 Å². The summed E-state index contributed by atoms with van der Waals surface area (Å²) < 4.78 is 0. The number of rotatable bonds is 4. The molecule has 230 valence electrons. The second-order valence-corrected chi connectivity index (χ2v) is 14.6. The van der Waals surface area contributed by atoms with Crippen molar-refractivity contribution in [3.63, 3.8) is 0 Å². The maximum Gasteiger partial charge on any atom is 0.0468 e. The summed E-state index contributed by atoms with van der Waals surface area (Å²) in [6.45, 7) is 15.6. The molecule has 0 radical (unpaired) electrons. The average Bonchev–Trinajstić information content (AvgIpc) is 3.06. The minimum atomic E-state index is 0.156. The van der Waals surface area contributed by atoms with Gasteiger partial charge < -0.3 is 4.90 Å². The van der Waals surface area contributed by atoms with Crippen LogP contribution in [-0.4, -0.2) is 0 Å². The normalized spacial score (nSPS) is 12.1. The molecule has 8 rings (SSSR count). The molecule has 0 aromatic heterocycles. The van der Waals surface area contributed by atoms with E-state index in [9.17, 15) is 0 Å². The lowest BCUT2D eigenvalue weighted by atomic mass is 9.77. The van der Waals surface area contributed by atoms with Crippen molar-refractivity contribution in [1.82, 2.24) is 0 Å². The van der Waals surface area contributed by atoms with E-state index in [-0.39, 0.29) is 5.41 Å². The van der Waals surface area contributed by atoms with E-state index in [1.54, 1.807) is 0 Å². The van der Waals surface area contributed by atoms with Crippen molar-refractivity contribution in [3.8, 4) is 33.4 Å². The van der Waals surface area contributed by atoms with Gasteiger partial charge in [-0.05, 0) is 183 Å². The van der Waals surface area contributed by atoms with Crippen molar-refractivity contribution < 1.29 is 0 Å². The van der Waals surface area contributed by atoms with Gasteiger partial charge in [-0.25, -0.2) is 0 Å². The molecule has 0 saturated carbocycles. The van der Waals surface area contributed by atoms with Crippen molar-refractivity contribution in [2.45, 2.75) is 53.9 Å². The number of anilines is 3. The summed E-state index contributed by atoms with van der Waals surface area (Å²) in [5.41, 5.74) is 18.2. The van der Waals surface area contributed by atoms with E-state index >= 15 is 0 Å². The summed E-state index contributed by atoms with van der Waals surface area (Å²) in [4.78, 5) is 2.40. The Hall–Kier alpha value is -5.14. The van der Waals surface area contributed by atoms with Crippen LogP contribution in [0.5, 0.6) is 0 Å². The summed E-state index contributed by atoms with van der Waals surface area (Å²) in [6.07, 6.45) is 0.